The molecule has 0 radical (unpaired) electrons. The van der Waals surface area contributed by atoms with Gasteiger partial charge < -0.3 is 63.0 Å². The Labute approximate surface area is 587 Å². The maximum atomic E-state index is 13.2. The molecule has 9 fully saturated rings. The van der Waals surface area contributed by atoms with Crippen LogP contribution in [-0.2, 0) is 41.9 Å². The molecule has 26 nitrogen and oxygen atoms in total. The number of nitrogens with zero attached hydrogens (tertiary/aromatic N) is 7. The van der Waals surface area contributed by atoms with Gasteiger partial charge in [0.1, 0.15) is 87.7 Å². The van der Waals surface area contributed by atoms with Gasteiger partial charge in [-0.1, -0.05) is 96.1 Å². The minimum absolute atomic E-state index is 0.202. The van der Waals surface area contributed by atoms with Crippen molar-refractivity contribution in [3.8, 4) is 6.07 Å². The summed E-state index contributed by atoms with van der Waals surface area (Å²) in [5.74, 6) is -0.335. The SMILES string of the molecule is CC[C@]12O[C@@H](n3cc(C)c(NC(=O)c4ccccc4)nc3=O)C(OC13CC3)[C@H]2O.CC[C@]12O[C@@H](n3cc(C)c(NC(=O)c4ccccc4)nc3=O)C(OC13CC3)[C@H]2OP(C)OCCC#N.CC[C@]12O[C@@H](n3cc(C)c(NC(=O)c4ccccc4)nc3=O)C(OC13CC3)[C@H]2O[Si](CC)(CC)CC. The van der Waals surface area contributed by atoms with Gasteiger partial charge in [0.05, 0.1) is 19.1 Å². The van der Waals surface area contributed by atoms with E-state index in [1.54, 1.807) is 105 Å². The van der Waals surface area contributed by atoms with E-state index < -0.39 is 105 Å². The minimum atomic E-state index is -1.95. The van der Waals surface area contributed by atoms with Gasteiger partial charge in [0, 0.05) is 58.6 Å². The van der Waals surface area contributed by atoms with Crippen LogP contribution < -0.4 is 33.0 Å². The zero-order valence-electron chi connectivity index (χ0n) is 58.6. The van der Waals surface area contributed by atoms with Crippen molar-refractivity contribution in [2.24, 2.45) is 0 Å². The van der Waals surface area contributed by atoms with Crippen molar-refractivity contribution in [2.45, 2.75) is 234 Å². The highest BCUT2D eigenvalue weighted by Crippen LogP contribution is 2.69. The molecule has 101 heavy (non-hydrogen) atoms. The molecule has 4 unspecified atom stereocenters. The lowest BCUT2D eigenvalue weighted by Crippen LogP contribution is -2.53. The highest BCUT2D eigenvalue weighted by atomic mass is 31.2. The molecule has 536 valence electrons. The van der Waals surface area contributed by atoms with Crippen LogP contribution in [0.3, 0.4) is 0 Å². The lowest BCUT2D eigenvalue weighted by Gasteiger charge is -2.40. The number of anilines is 3. The third-order valence-electron chi connectivity index (χ3n) is 22.3. The van der Waals surface area contributed by atoms with Gasteiger partial charge >= 0.3 is 17.1 Å². The number of fused-ring (bicyclic) bond motifs is 9. The molecular weight excluding hydrogens is 1330 g/mol. The highest BCUT2D eigenvalue weighted by molar-refractivity contribution is 7.46. The first-order chi connectivity index (χ1) is 48.5. The van der Waals surface area contributed by atoms with Gasteiger partial charge in [-0.3, -0.25) is 28.1 Å². The first-order valence-corrected chi connectivity index (χ1v) is 39.4. The van der Waals surface area contributed by atoms with Gasteiger partial charge in [-0.2, -0.15) is 20.2 Å². The fourth-order valence-electron chi connectivity index (χ4n) is 16.2. The van der Waals surface area contributed by atoms with E-state index in [2.05, 4.69) is 64.7 Å². The Morgan fingerprint density at radius 3 is 1.24 bits per heavy atom. The number of nitrogens with one attached hydrogen (secondary N) is 3. The van der Waals surface area contributed by atoms with Crippen molar-refractivity contribution in [3.63, 3.8) is 0 Å². The number of nitriles is 1. The predicted molar refractivity (Wildman–Crippen MR) is 375 cm³/mol. The van der Waals surface area contributed by atoms with Crippen LogP contribution in [0.15, 0.2) is 124 Å². The van der Waals surface area contributed by atoms with Crippen LogP contribution in [-0.4, -0.2) is 143 Å². The summed E-state index contributed by atoms with van der Waals surface area (Å²) < 4.78 is 62.4. The number of aliphatic hydroxyl groups excluding tert-OH is 1. The number of rotatable bonds is 22. The summed E-state index contributed by atoms with van der Waals surface area (Å²) in [6.07, 6.45) is 7.66. The Bertz CT molecular complexity index is 4330. The molecule has 28 heteroatoms. The fraction of sp³-hybridized carbons (Fsp3) is 0.534. The van der Waals surface area contributed by atoms with Gasteiger partial charge in [0.2, 0.25) is 0 Å². The van der Waals surface area contributed by atoms with Crippen molar-refractivity contribution < 1.29 is 61.4 Å². The maximum Gasteiger partial charge on any atom is 0.351 e. The fourth-order valence-corrected chi connectivity index (χ4v) is 20.1. The predicted octanol–water partition coefficient (Wildman–Crippen LogP) is 10.2. The number of amides is 3. The van der Waals surface area contributed by atoms with Crippen molar-refractivity contribution >= 4 is 51.9 Å². The molecule has 6 bridgehead atoms. The maximum absolute atomic E-state index is 13.2. The zero-order chi connectivity index (χ0) is 71.6. The van der Waals surface area contributed by atoms with E-state index in [0.717, 1.165) is 63.1 Å². The third kappa shape index (κ3) is 12.5. The normalized spacial score (nSPS) is 29.0. The van der Waals surface area contributed by atoms with Crippen molar-refractivity contribution in [3.05, 3.63) is 174 Å². The number of ether oxygens (including phenoxy) is 6. The average Bonchev–Trinajstić information content (AvgIpc) is 1.52. The molecule has 3 spiro atoms. The number of benzene rings is 3. The highest BCUT2D eigenvalue weighted by Gasteiger charge is 2.81. The number of aryl methyl sites for hydroxylation is 3. The largest absolute Gasteiger partial charge is 0.408 e. The molecule has 6 aliphatic heterocycles. The standard InChI is InChI=1S/C27H37N3O5Si.C25H29N4O6P.C21H23N3O5/c1-6-27-21(35-36(7-2,8-3)9-4)20(33-26(27)15-16-26)24(34-27)30-17-18(5)22(29-25(30)32)28-23(31)19-13-11-10-12-14-19;1-4-25-19(35-36(3)32-14-8-13-26)18(33-24(25)11-12-24)22(34-25)29-15-16(2)20(28-23(29)31)27-21(30)17-9-6-5-7-10-17;1-3-21-15(25)14(28-20(21)9-10-20)18(29-21)24-11-12(2)16(23-19(24)27)22-17(26)13-7-5-4-6-8-13/h10-14,17,20-21,24H,6-9,15-16H2,1-5H3,(H,28,29,31,32);5-7,9-10,15,18-19,22H,4,8,11-12,14H2,1-3H3,(H,27,28,30,31);4-8,11,14-15,18,25H,3,9-10H2,1-2H3,(H,22,23,26,27)/t20?,21-,24-,27-;18?,19-,22-,25-,36?;14?,15-,18-,21-/m111/s1. The number of carbonyl (C=O) groups excluding carboxylic acids is 3. The molecule has 3 aliphatic carbocycles. The number of hydrogen-bond acceptors (Lipinski definition) is 20. The Balaban J connectivity index is 0.000000136. The van der Waals surface area contributed by atoms with E-state index >= 15 is 0 Å². The summed E-state index contributed by atoms with van der Waals surface area (Å²) in [5, 5.41) is 27.8. The summed E-state index contributed by atoms with van der Waals surface area (Å²) in [7, 11) is -3.22. The molecule has 3 aromatic heterocycles. The number of hydrogen-bond donors (Lipinski definition) is 4. The second-order valence-corrected chi connectivity index (χ2v) is 33.8. The van der Waals surface area contributed by atoms with Crippen molar-refractivity contribution in [1.29, 1.82) is 5.26 Å². The van der Waals surface area contributed by atoms with E-state index in [-0.39, 0.29) is 59.4 Å². The summed E-state index contributed by atoms with van der Waals surface area (Å²) in [6, 6.07) is 31.5. The molecule has 4 N–H and O–H groups in total. The van der Waals surface area contributed by atoms with Gasteiger partial charge in [-0.15, -0.1) is 0 Å². The Morgan fingerprint density at radius 1 is 0.545 bits per heavy atom. The Kier molecular flexibility index (Phi) is 19.8. The summed E-state index contributed by atoms with van der Waals surface area (Å²) in [4.78, 5) is 89.1. The number of aromatic nitrogens is 6. The Morgan fingerprint density at radius 2 is 0.881 bits per heavy atom. The molecule has 9 aliphatic rings. The zero-order valence-corrected chi connectivity index (χ0v) is 60.5. The van der Waals surface area contributed by atoms with Crippen LogP contribution in [0.2, 0.25) is 18.1 Å². The third-order valence-corrected chi connectivity index (χ3v) is 28.0. The van der Waals surface area contributed by atoms with Crippen LogP contribution in [0.25, 0.3) is 0 Å². The van der Waals surface area contributed by atoms with Crippen LogP contribution in [0.5, 0.6) is 0 Å². The lowest BCUT2D eigenvalue weighted by molar-refractivity contribution is -0.226. The molecule has 3 amide bonds. The van der Waals surface area contributed by atoms with E-state index in [4.69, 9.17) is 47.2 Å². The van der Waals surface area contributed by atoms with Crippen LogP contribution in [0.1, 0.15) is 172 Å². The first-order valence-electron chi connectivity index (χ1n) is 35.2. The van der Waals surface area contributed by atoms with Crippen LogP contribution in [0, 0.1) is 32.1 Å². The van der Waals surface area contributed by atoms with Gasteiger partial charge in [-0.25, -0.2) is 14.4 Å². The first kappa shape index (κ1) is 71.8. The molecule has 13 atom stereocenters. The Hall–Kier alpha value is -7.55. The molecule has 3 aromatic carbocycles. The second-order valence-electron chi connectivity index (χ2n) is 27.8. The summed E-state index contributed by atoms with van der Waals surface area (Å²) in [5.41, 5.74) is -1.43. The average molecular weight is 1420 g/mol. The van der Waals surface area contributed by atoms with E-state index in [9.17, 15) is 33.9 Å². The van der Waals surface area contributed by atoms with Crippen molar-refractivity contribution in [2.75, 3.05) is 29.2 Å². The molecular formula is C73H89N10O16PSi. The second kappa shape index (κ2) is 27.9. The van der Waals surface area contributed by atoms with Crippen LogP contribution >= 0.6 is 8.38 Å². The summed E-state index contributed by atoms with van der Waals surface area (Å²) in [6.45, 7) is 20.3. The monoisotopic (exact) mass is 1420 g/mol. The van der Waals surface area contributed by atoms with Gasteiger partial charge in [-0.05, 0) is 133 Å². The quantitative estimate of drug-likeness (QED) is 0.0279. The lowest BCUT2D eigenvalue weighted by atomic mass is 9.88. The topological polar surface area (TPSA) is 319 Å². The molecule has 15 rings (SSSR count). The van der Waals surface area contributed by atoms with E-state index in [1.807, 2.05) is 45.6 Å². The summed E-state index contributed by atoms with van der Waals surface area (Å²) >= 11 is 0. The molecule has 9 heterocycles. The van der Waals surface area contributed by atoms with E-state index in [0.29, 0.717) is 52.8 Å². The van der Waals surface area contributed by atoms with Crippen molar-refractivity contribution in [1.82, 2.24) is 28.7 Å². The molecule has 6 aromatic rings. The molecule has 3 saturated carbocycles. The van der Waals surface area contributed by atoms with Crippen LogP contribution in [0.4, 0.5) is 17.5 Å². The minimum Gasteiger partial charge on any atom is -0.408 e. The molecule has 6 saturated heterocycles. The van der Waals surface area contributed by atoms with Gasteiger partial charge in [0.15, 0.2) is 35.4 Å². The van der Waals surface area contributed by atoms with E-state index in [1.165, 1.54) is 13.7 Å². The smallest absolute Gasteiger partial charge is 0.351 e. The number of carbonyl (C=O) groups is 3. The number of aliphatic hydroxyl groups is 1. The van der Waals surface area contributed by atoms with Gasteiger partial charge in [0.25, 0.3) is 17.7 Å².